The first-order valence-electron chi connectivity index (χ1n) is 6.24. The first-order valence-corrected chi connectivity index (χ1v) is 7.32. The van der Waals surface area contributed by atoms with Gasteiger partial charge >= 0.3 is 0 Å². The lowest BCUT2D eigenvalue weighted by atomic mass is 10.1. The Morgan fingerprint density at radius 2 is 1.90 bits per heavy atom. The second-order valence-electron chi connectivity index (χ2n) is 4.50. The molecular weight excluding hydrogens is 365 g/mol. The van der Waals surface area contributed by atoms with Gasteiger partial charge in [0, 0.05) is 19.2 Å². The molecule has 0 atom stereocenters. The van der Waals surface area contributed by atoms with Crippen molar-refractivity contribution in [1.82, 2.24) is 4.90 Å². The lowest BCUT2D eigenvalue weighted by Crippen LogP contribution is -2.26. The Balaban J connectivity index is 2.12. The molecule has 0 aliphatic carbocycles. The van der Waals surface area contributed by atoms with Crippen molar-refractivity contribution in [2.45, 2.75) is 6.54 Å². The molecule has 0 aromatic heterocycles. The van der Waals surface area contributed by atoms with Crippen molar-refractivity contribution >= 4 is 28.5 Å². The Morgan fingerprint density at radius 1 is 1.20 bits per heavy atom. The topological polar surface area (TPSA) is 29.5 Å². The maximum Gasteiger partial charge on any atom is 0.253 e. The Bertz CT molecular complexity index is 599. The molecule has 1 amide bonds. The van der Waals surface area contributed by atoms with Crippen LogP contribution >= 0.6 is 22.6 Å². The van der Waals surface area contributed by atoms with Crippen LogP contribution in [0.4, 0.5) is 0 Å². The zero-order chi connectivity index (χ0) is 14.5. The van der Waals surface area contributed by atoms with E-state index >= 15 is 0 Å². The number of ether oxygens (including phenoxy) is 1. The average Bonchev–Trinajstić information content (AvgIpc) is 2.47. The molecule has 2 aromatic carbocycles. The molecule has 0 bridgehead atoms. The number of amides is 1. The highest BCUT2D eigenvalue weighted by molar-refractivity contribution is 14.1. The smallest absolute Gasteiger partial charge is 0.253 e. The van der Waals surface area contributed by atoms with E-state index in [1.165, 1.54) is 0 Å². The molecule has 0 N–H and O–H groups in total. The van der Waals surface area contributed by atoms with Crippen molar-refractivity contribution in [2.75, 3.05) is 14.2 Å². The molecule has 0 unspecified atom stereocenters. The van der Waals surface area contributed by atoms with Crippen molar-refractivity contribution in [3.63, 3.8) is 0 Å². The summed E-state index contributed by atoms with van der Waals surface area (Å²) in [5, 5.41) is 0. The standard InChI is InChI=1S/C16H16INO2/c1-18(11-12-6-4-3-5-7-12)16(19)13-8-9-15(20-2)14(17)10-13/h3-10H,11H2,1-2H3. The highest BCUT2D eigenvalue weighted by atomic mass is 127. The van der Waals surface area contributed by atoms with E-state index in [2.05, 4.69) is 22.6 Å². The fraction of sp³-hybridized carbons (Fsp3) is 0.188. The molecule has 0 heterocycles. The minimum atomic E-state index is 0.00872. The number of hydrogen-bond donors (Lipinski definition) is 0. The zero-order valence-electron chi connectivity index (χ0n) is 11.5. The lowest BCUT2D eigenvalue weighted by Gasteiger charge is -2.18. The first kappa shape index (κ1) is 14.8. The Hall–Kier alpha value is -1.56. The fourth-order valence-electron chi connectivity index (χ4n) is 1.95. The molecule has 0 saturated heterocycles. The molecule has 104 valence electrons. The van der Waals surface area contributed by atoms with Crippen LogP contribution in [0.15, 0.2) is 48.5 Å². The van der Waals surface area contributed by atoms with E-state index in [4.69, 9.17) is 4.74 Å². The summed E-state index contributed by atoms with van der Waals surface area (Å²) in [5.74, 6) is 0.794. The minimum absolute atomic E-state index is 0.00872. The second-order valence-corrected chi connectivity index (χ2v) is 5.66. The van der Waals surface area contributed by atoms with Gasteiger partial charge in [-0.15, -0.1) is 0 Å². The molecule has 2 rings (SSSR count). The molecule has 0 saturated carbocycles. The quantitative estimate of drug-likeness (QED) is 0.758. The largest absolute Gasteiger partial charge is 0.496 e. The second kappa shape index (κ2) is 6.74. The van der Waals surface area contributed by atoms with Crippen LogP contribution < -0.4 is 4.74 Å². The van der Waals surface area contributed by atoms with Crippen molar-refractivity contribution in [3.05, 3.63) is 63.2 Å². The van der Waals surface area contributed by atoms with Gasteiger partial charge in [-0.05, 0) is 46.4 Å². The van der Waals surface area contributed by atoms with Gasteiger partial charge in [-0.1, -0.05) is 30.3 Å². The molecule has 2 aromatic rings. The molecule has 3 nitrogen and oxygen atoms in total. The summed E-state index contributed by atoms with van der Waals surface area (Å²) in [6, 6.07) is 15.4. The van der Waals surface area contributed by atoms with E-state index < -0.39 is 0 Å². The van der Waals surface area contributed by atoms with Gasteiger partial charge in [0.15, 0.2) is 0 Å². The maximum absolute atomic E-state index is 12.4. The van der Waals surface area contributed by atoms with Crippen molar-refractivity contribution in [2.24, 2.45) is 0 Å². The van der Waals surface area contributed by atoms with E-state index in [1.54, 1.807) is 18.1 Å². The highest BCUT2D eigenvalue weighted by Crippen LogP contribution is 2.22. The average molecular weight is 381 g/mol. The molecular formula is C16H16INO2. The maximum atomic E-state index is 12.4. The van der Waals surface area contributed by atoms with Gasteiger partial charge in [-0.3, -0.25) is 4.79 Å². The predicted octanol–water partition coefficient (Wildman–Crippen LogP) is 3.57. The number of carbonyl (C=O) groups excluding carboxylic acids is 1. The van der Waals surface area contributed by atoms with Crippen LogP contribution in [0.1, 0.15) is 15.9 Å². The third-order valence-corrected chi connectivity index (χ3v) is 3.85. The van der Waals surface area contributed by atoms with Gasteiger partial charge in [0.25, 0.3) is 5.91 Å². The third-order valence-electron chi connectivity index (χ3n) is 3.01. The number of halogens is 1. The van der Waals surface area contributed by atoms with Gasteiger partial charge in [-0.25, -0.2) is 0 Å². The summed E-state index contributed by atoms with van der Waals surface area (Å²) < 4.78 is 6.14. The zero-order valence-corrected chi connectivity index (χ0v) is 13.6. The number of methoxy groups -OCH3 is 1. The molecule has 0 aliphatic heterocycles. The van der Waals surface area contributed by atoms with Crippen LogP contribution in [-0.4, -0.2) is 25.0 Å². The summed E-state index contributed by atoms with van der Waals surface area (Å²) in [5.41, 5.74) is 1.79. The SMILES string of the molecule is COc1ccc(C(=O)N(C)Cc2ccccc2)cc1I. The molecule has 20 heavy (non-hydrogen) atoms. The number of benzene rings is 2. The fourth-order valence-corrected chi connectivity index (χ4v) is 2.68. The van der Waals surface area contributed by atoms with Gasteiger partial charge in [0.2, 0.25) is 0 Å². The third kappa shape index (κ3) is 3.50. The summed E-state index contributed by atoms with van der Waals surface area (Å²) >= 11 is 2.17. The molecule has 0 aliphatic rings. The Morgan fingerprint density at radius 3 is 2.50 bits per heavy atom. The van der Waals surface area contributed by atoms with Gasteiger partial charge < -0.3 is 9.64 Å². The summed E-state index contributed by atoms with van der Waals surface area (Å²) in [6.45, 7) is 0.599. The van der Waals surface area contributed by atoms with E-state index in [0.29, 0.717) is 12.1 Å². The number of nitrogens with zero attached hydrogens (tertiary/aromatic N) is 1. The predicted molar refractivity (Wildman–Crippen MR) is 88.0 cm³/mol. The van der Waals surface area contributed by atoms with Crippen LogP contribution in [0, 0.1) is 3.57 Å². The van der Waals surface area contributed by atoms with Crippen molar-refractivity contribution in [1.29, 1.82) is 0 Å². The monoisotopic (exact) mass is 381 g/mol. The van der Waals surface area contributed by atoms with Gasteiger partial charge in [0.1, 0.15) is 5.75 Å². The van der Waals surface area contributed by atoms with Crippen molar-refractivity contribution in [3.8, 4) is 5.75 Å². The van der Waals surface area contributed by atoms with Crippen LogP contribution in [0.2, 0.25) is 0 Å². The lowest BCUT2D eigenvalue weighted by molar-refractivity contribution is 0.0785. The Kier molecular flexibility index (Phi) is 5.00. The van der Waals surface area contributed by atoms with Crippen LogP contribution in [0.5, 0.6) is 5.75 Å². The molecule has 0 spiro atoms. The number of hydrogen-bond acceptors (Lipinski definition) is 2. The number of rotatable bonds is 4. The summed E-state index contributed by atoms with van der Waals surface area (Å²) in [6.07, 6.45) is 0. The number of carbonyl (C=O) groups is 1. The van der Waals surface area contributed by atoms with Gasteiger partial charge in [-0.2, -0.15) is 0 Å². The molecule has 0 radical (unpaired) electrons. The van der Waals surface area contributed by atoms with Gasteiger partial charge in [0.05, 0.1) is 10.7 Å². The Labute approximate surface area is 132 Å². The minimum Gasteiger partial charge on any atom is -0.496 e. The van der Waals surface area contributed by atoms with E-state index in [0.717, 1.165) is 14.9 Å². The van der Waals surface area contributed by atoms with Crippen LogP contribution in [-0.2, 0) is 6.54 Å². The molecule has 0 fully saturated rings. The summed E-state index contributed by atoms with van der Waals surface area (Å²) in [7, 11) is 3.44. The van der Waals surface area contributed by atoms with E-state index in [1.807, 2.05) is 49.5 Å². The highest BCUT2D eigenvalue weighted by Gasteiger charge is 2.13. The first-order chi connectivity index (χ1) is 9.61. The van der Waals surface area contributed by atoms with E-state index in [-0.39, 0.29) is 5.91 Å². The molecule has 4 heteroatoms. The van der Waals surface area contributed by atoms with Crippen LogP contribution in [0.3, 0.4) is 0 Å². The van der Waals surface area contributed by atoms with Crippen LogP contribution in [0.25, 0.3) is 0 Å². The normalized spacial score (nSPS) is 10.2. The van der Waals surface area contributed by atoms with E-state index in [9.17, 15) is 4.79 Å². The summed E-state index contributed by atoms with van der Waals surface area (Å²) in [4.78, 5) is 14.1. The van der Waals surface area contributed by atoms with Crippen molar-refractivity contribution < 1.29 is 9.53 Å².